The van der Waals surface area contributed by atoms with Crippen molar-refractivity contribution in [1.82, 2.24) is 0 Å². The van der Waals surface area contributed by atoms with Crippen LogP contribution in [0.2, 0.25) is 0 Å². The predicted octanol–water partition coefficient (Wildman–Crippen LogP) is 4.53. The van der Waals surface area contributed by atoms with Crippen molar-refractivity contribution in [2.75, 3.05) is 0 Å². The molecule has 126 valence electrons. The summed E-state index contributed by atoms with van der Waals surface area (Å²) in [6.07, 6.45) is 4.20. The minimum Gasteiger partial charge on any atom is -0.478 e. The van der Waals surface area contributed by atoms with Gasteiger partial charge in [0.25, 0.3) is 0 Å². The lowest BCUT2D eigenvalue weighted by Crippen LogP contribution is -2.11. The first-order chi connectivity index (χ1) is 12.0. The van der Waals surface area contributed by atoms with Gasteiger partial charge in [-0.2, -0.15) is 0 Å². The van der Waals surface area contributed by atoms with Crippen molar-refractivity contribution in [3.05, 3.63) is 80.7 Å². The molecule has 0 bridgehead atoms. The van der Waals surface area contributed by atoms with Crippen molar-refractivity contribution < 1.29 is 14.3 Å². The van der Waals surface area contributed by atoms with Gasteiger partial charge in [-0.25, -0.2) is 4.79 Å². The molecule has 0 fully saturated rings. The topological polar surface area (TPSA) is 67.5 Å². The number of carboxylic acid groups (broad SMARTS) is 1. The monoisotopic (exact) mass is 334 g/mol. The molecule has 1 aromatic heterocycles. The van der Waals surface area contributed by atoms with E-state index in [1.807, 2.05) is 44.2 Å². The lowest BCUT2D eigenvalue weighted by atomic mass is 10.0. The van der Waals surface area contributed by atoms with Crippen molar-refractivity contribution in [2.45, 2.75) is 20.3 Å². The van der Waals surface area contributed by atoms with Crippen LogP contribution in [0, 0.1) is 6.92 Å². The highest BCUT2D eigenvalue weighted by Crippen LogP contribution is 2.20. The number of fused-ring (bicyclic) bond motifs is 1. The first-order valence-corrected chi connectivity index (χ1v) is 8.07. The van der Waals surface area contributed by atoms with Crippen LogP contribution in [0.15, 0.2) is 51.7 Å². The highest BCUT2D eigenvalue weighted by molar-refractivity contribution is 5.93. The highest BCUT2D eigenvalue weighted by Gasteiger charge is 2.13. The molecule has 0 unspecified atom stereocenters. The molecule has 0 aliphatic carbocycles. The van der Waals surface area contributed by atoms with Gasteiger partial charge in [-0.1, -0.05) is 42.8 Å². The Bertz CT molecular complexity index is 1040. The van der Waals surface area contributed by atoms with E-state index < -0.39 is 5.97 Å². The maximum Gasteiger partial charge on any atom is 0.335 e. The van der Waals surface area contributed by atoms with Crippen LogP contribution < -0.4 is 5.43 Å². The number of rotatable bonds is 4. The third-order valence-electron chi connectivity index (χ3n) is 4.09. The molecule has 0 radical (unpaired) electrons. The summed E-state index contributed by atoms with van der Waals surface area (Å²) in [5.74, 6) is -0.563. The molecule has 0 saturated heterocycles. The molecular formula is C21H18O4. The van der Waals surface area contributed by atoms with Crippen LogP contribution in [-0.2, 0) is 6.42 Å². The van der Waals surface area contributed by atoms with E-state index in [2.05, 4.69) is 0 Å². The van der Waals surface area contributed by atoms with Gasteiger partial charge >= 0.3 is 5.97 Å². The van der Waals surface area contributed by atoms with Gasteiger partial charge < -0.3 is 9.52 Å². The van der Waals surface area contributed by atoms with Crippen LogP contribution in [0.4, 0.5) is 0 Å². The molecule has 3 rings (SSSR count). The van der Waals surface area contributed by atoms with Crippen molar-refractivity contribution >= 4 is 29.1 Å². The van der Waals surface area contributed by atoms with Crippen LogP contribution in [0.3, 0.4) is 0 Å². The van der Waals surface area contributed by atoms with Crippen LogP contribution in [0.1, 0.15) is 39.7 Å². The lowest BCUT2D eigenvalue weighted by Gasteiger charge is -2.06. The molecule has 2 aromatic carbocycles. The molecule has 4 nitrogen and oxygen atoms in total. The molecule has 0 atom stereocenters. The molecule has 3 aromatic rings. The summed E-state index contributed by atoms with van der Waals surface area (Å²) in [6, 6.07) is 12.4. The fraction of sp³-hybridized carbons (Fsp3) is 0.143. The molecule has 0 spiro atoms. The number of aromatic carboxylic acids is 1. The Kier molecular flexibility index (Phi) is 4.52. The van der Waals surface area contributed by atoms with E-state index in [-0.39, 0.29) is 11.0 Å². The zero-order valence-corrected chi connectivity index (χ0v) is 14.1. The maximum atomic E-state index is 12.7. The third-order valence-corrected chi connectivity index (χ3v) is 4.09. The standard InChI is InChI=1S/C21H18O4/c1-3-16-18(9-7-14-6-4-5-13(2)11-14)25-19-10-8-15(21(23)24)12-17(19)20(16)22/h4-12H,3H2,1-2H3,(H,23,24). The van der Waals surface area contributed by atoms with Gasteiger partial charge in [-0.3, -0.25) is 4.79 Å². The SMILES string of the molecule is CCc1c(C=Cc2cccc(C)c2)oc2ccc(C(=O)O)cc2c1=O. The summed E-state index contributed by atoms with van der Waals surface area (Å²) >= 11 is 0. The van der Waals surface area contributed by atoms with E-state index in [4.69, 9.17) is 9.52 Å². The van der Waals surface area contributed by atoms with Crippen molar-refractivity contribution in [3.8, 4) is 0 Å². The molecule has 1 N–H and O–H groups in total. The Morgan fingerprint density at radius 2 is 1.96 bits per heavy atom. The smallest absolute Gasteiger partial charge is 0.335 e. The van der Waals surface area contributed by atoms with Crippen molar-refractivity contribution in [2.24, 2.45) is 0 Å². The average Bonchev–Trinajstić information content (AvgIpc) is 2.60. The van der Waals surface area contributed by atoms with E-state index in [1.165, 1.54) is 18.2 Å². The number of carbonyl (C=O) groups is 1. The van der Waals surface area contributed by atoms with Gasteiger partial charge in [0.1, 0.15) is 11.3 Å². The zero-order chi connectivity index (χ0) is 18.0. The Morgan fingerprint density at radius 1 is 1.16 bits per heavy atom. The largest absolute Gasteiger partial charge is 0.478 e. The molecule has 0 amide bonds. The number of benzene rings is 2. The fourth-order valence-electron chi connectivity index (χ4n) is 2.80. The van der Waals surface area contributed by atoms with Gasteiger partial charge in [0, 0.05) is 5.56 Å². The zero-order valence-electron chi connectivity index (χ0n) is 14.1. The first kappa shape index (κ1) is 16.7. The van der Waals surface area contributed by atoms with Gasteiger partial charge in [-0.05, 0) is 43.2 Å². The van der Waals surface area contributed by atoms with Gasteiger partial charge in [0.05, 0.1) is 10.9 Å². The minimum absolute atomic E-state index is 0.0740. The van der Waals surface area contributed by atoms with Crippen LogP contribution in [0.25, 0.3) is 23.1 Å². The van der Waals surface area contributed by atoms with Gasteiger partial charge in [0.2, 0.25) is 0 Å². The molecule has 1 heterocycles. The molecule has 0 aliphatic heterocycles. The Balaban J connectivity index is 2.14. The second kappa shape index (κ2) is 6.77. The van der Waals surface area contributed by atoms with Crippen LogP contribution >= 0.6 is 0 Å². The van der Waals surface area contributed by atoms with Crippen molar-refractivity contribution in [1.29, 1.82) is 0 Å². The fourth-order valence-corrected chi connectivity index (χ4v) is 2.80. The van der Waals surface area contributed by atoms with E-state index in [9.17, 15) is 9.59 Å². The maximum absolute atomic E-state index is 12.7. The second-order valence-electron chi connectivity index (χ2n) is 5.89. The van der Waals surface area contributed by atoms with E-state index in [0.717, 1.165) is 11.1 Å². The number of carboxylic acids is 1. The van der Waals surface area contributed by atoms with Crippen LogP contribution in [-0.4, -0.2) is 11.1 Å². The Hall–Kier alpha value is -3.14. The van der Waals surface area contributed by atoms with Gasteiger partial charge in [0.15, 0.2) is 5.43 Å². The van der Waals surface area contributed by atoms with E-state index >= 15 is 0 Å². The van der Waals surface area contributed by atoms with E-state index in [0.29, 0.717) is 28.7 Å². The number of aryl methyl sites for hydroxylation is 1. The summed E-state index contributed by atoms with van der Waals surface area (Å²) in [5.41, 5.74) is 2.99. The molecule has 0 saturated carbocycles. The summed E-state index contributed by atoms with van der Waals surface area (Å²) in [6.45, 7) is 3.90. The van der Waals surface area contributed by atoms with E-state index in [1.54, 1.807) is 6.08 Å². The van der Waals surface area contributed by atoms with Gasteiger partial charge in [-0.15, -0.1) is 0 Å². The number of hydrogen-bond donors (Lipinski definition) is 1. The second-order valence-corrected chi connectivity index (χ2v) is 5.89. The highest BCUT2D eigenvalue weighted by atomic mass is 16.4. The minimum atomic E-state index is -1.07. The molecule has 4 heteroatoms. The normalized spacial score (nSPS) is 11.3. The molecule has 25 heavy (non-hydrogen) atoms. The lowest BCUT2D eigenvalue weighted by molar-refractivity contribution is 0.0697. The van der Waals surface area contributed by atoms with Crippen molar-refractivity contribution in [3.63, 3.8) is 0 Å². The predicted molar refractivity (Wildman–Crippen MR) is 98.9 cm³/mol. The summed E-state index contributed by atoms with van der Waals surface area (Å²) in [7, 11) is 0. The summed E-state index contributed by atoms with van der Waals surface area (Å²) < 4.78 is 5.87. The Morgan fingerprint density at radius 3 is 2.64 bits per heavy atom. The summed E-state index contributed by atoms with van der Waals surface area (Å²) in [4.78, 5) is 23.9. The molecule has 0 aliphatic rings. The van der Waals surface area contributed by atoms with Crippen LogP contribution in [0.5, 0.6) is 0 Å². The first-order valence-electron chi connectivity index (χ1n) is 8.07. The third kappa shape index (κ3) is 3.38. The Labute approximate surface area is 145 Å². The molecular weight excluding hydrogens is 316 g/mol. The average molecular weight is 334 g/mol. The number of hydrogen-bond acceptors (Lipinski definition) is 3. The summed E-state index contributed by atoms with van der Waals surface area (Å²) in [5, 5.41) is 9.40. The quantitative estimate of drug-likeness (QED) is 0.761.